The fourth-order valence-corrected chi connectivity index (χ4v) is 4.39. The molecule has 1 unspecified atom stereocenters. The molecule has 4 rings (SSSR count). The molecule has 164 valence electrons. The number of carbonyl (C=O) groups is 1. The summed E-state index contributed by atoms with van der Waals surface area (Å²) in [6.07, 6.45) is 0.819. The summed E-state index contributed by atoms with van der Waals surface area (Å²) in [6, 6.07) is 14.2. The fraction of sp³-hybridized carbons (Fsp3) is 0.435. The van der Waals surface area contributed by atoms with E-state index in [2.05, 4.69) is 4.90 Å². The van der Waals surface area contributed by atoms with Crippen molar-refractivity contribution in [2.75, 3.05) is 26.7 Å². The van der Waals surface area contributed by atoms with E-state index in [0.29, 0.717) is 31.7 Å². The van der Waals surface area contributed by atoms with Crippen molar-refractivity contribution in [3.05, 3.63) is 69.8 Å². The number of aliphatic hydroxyl groups is 1. The molecule has 0 spiro atoms. The van der Waals surface area contributed by atoms with Gasteiger partial charge in [-0.25, -0.2) is 0 Å². The number of non-ortho nitro benzene ring substituents is 1. The number of nitro benzene ring substituents is 1. The number of aliphatic hydroxyl groups excluding tert-OH is 1. The van der Waals surface area contributed by atoms with Crippen LogP contribution in [-0.4, -0.2) is 64.6 Å². The highest BCUT2D eigenvalue weighted by molar-refractivity contribution is 5.82. The van der Waals surface area contributed by atoms with Crippen LogP contribution in [0.4, 0.5) is 5.69 Å². The third-order valence-corrected chi connectivity index (χ3v) is 6.15. The maximum atomic E-state index is 13.4. The van der Waals surface area contributed by atoms with Crippen molar-refractivity contribution < 1.29 is 19.6 Å². The van der Waals surface area contributed by atoms with Crippen molar-refractivity contribution in [3.8, 4) is 5.75 Å². The molecule has 1 N–H and O–H groups in total. The Balaban J connectivity index is 1.50. The van der Waals surface area contributed by atoms with E-state index in [0.717, 1.165) is 24.1 Å². The highest BCUT2D eigenvalue weighted by Gasteiger charge is 2.34. The number of likely N-dealkylation sites (tertiary alicyclic amines) is 1. The van der Waals surface area contributed by atoms with Crippen LogP contribution in [0.2, 0.25) is 0 Å². The van der Waals surface area contributed by atoms with Gasteiger partial charge in [-0.05, 0) is 30.9 Å². The number of nitrogens with zero attached hydrogens (tertiary/aromatic N) is 3. The highest BCUT2D eigenvalue weighted by Crippen LogP contribution is 2.32. The topological polar surface area (TPSA) is 96.2 Å². The Bertz CT molecular complexity index is 951. The second kappa shape index (κ2) is 9.03. The van der Waals surface area contributed by atoms with Gasteiger partial charge in [0.2, 0.25) is 0 Å². The summed E-state index contributed by atoms with van der Waals surface area (Å²) in [6.45, 7) is 2.05. The first-order chi connectivity index (χ1) is 14.9. The second-order valence-corrected chi connectivity index (χ2v) is 8.27. The molecule has 2 heterocycles. The molecule has 0 aromatic heterocycles. The molecular formula is C23H27N3O5. The van der Waals surface area contributed by atoms with Gasteiger partial charge in [0.15, 0.2) is 6.10 Å². The molecular weight excluding hydrogens is 398 g/mol. The molecule has 2 aliphatic rings. The lowest BCUT2D eigenvalue weighted by Gasteiger charge is -2.35. The first kappa shape index (κ1) is 21.3. The smallest absolute Gasteiger partial charge is 0.269 e. The minimum Gasteiger partial charge on any atom is -0.480 e. The van der Waals surface area contributed by atoms with Gasteiger partial charge >= 0.3 is 0 Å². The lowest BCUT2D eigenvalue weighted by molar-refractivity contribution is -0.385. The Hall–Kier alpha value is -2.97. The molecule has 3 atom stereocenters. The molecule has 2 aromatic carbocycles. The van der Waals surface area contributed by atoms with Crippen molar-refractivity contribution >= 4 is 11.6 Å². The van der Waals surface area contributed by atoms with Crippen molar-refractivity contribution in [3.63, 3.8) is 0 Å². The molecule has 2 aliphatic heterocycles. The van der Waals surface area contributed by atoms with Crippen LogP contribution in [0.25, 0.3) is 0 Å². The quantitative estimate of drug-likeness (QED) is 0.564. The monoisotopic (exact) mass is 425 g/mol. The standard InChI is InChI=1S/C23H27N3O5/c1-24(20(16-5-3-2-4-6-16)15-25-12-11-19(27)14-25)23(28)22-9-7-17-13-18(26(29)30)8-10-21(17)31-22/h2-6,8,10,13,19-20,22,27H,7,9,11-12,14-15H2,1H3/t19-,20+,22?/m0/s1. The number of carbonyl (C=O) groups excluding carboxylic acids is 1. The minimum atomic E-state index is -0.630. The molecule has 8 heteroatoms. The van der Waals surface area contributed by atoms with Crippen LogP contribution in [0.1, 0.15) is 30.0 Å². The molecule has 1 fully saturated rings. The largest absolute Gasteiger partial charge is 0.480 e. The van der Waals surface area contributed by atoms with Gasteiger partial charge in [-0.3, -0.25) is 19.8 Å². The van der Waals surface area contributed by atoms with Crippen molar-refractivity contribution in [2.45, 2.75) is 37.5 Å². The van der Waals surface area contributed by atoms with E-state index in [4.69, 9.17) is 4.74 Å². The number of amides is 1. The van der Waals surface area contributed by atoms with Crippen LogP contribution in [0.3, 0.4) is 0 Å². The van der Waals surface area contributed by atoms with Crippen LogP contribution in [0, 0.1) is 10.1 Å². The number of aryl methyl sites for hydroxylation is 1. The van der Waals surface area contributed by atoms with Gasteiger partial charge in [-0.1, -0.05) is 30.3 Å². The Morgan fingerprint density at radius 2 is 2.06 bits per heavy atom. The predicted octanol–water partition coefficient (Wildman–Crippen LogP) is 2.55. The van der Waals surface area contributed by atoms with Crippen LogP contribution < -0.4 is 4.74 Å². The Morgan fingerprint density at radius 1 is 1.29 bits per heavy atom. The van der Waals surface area contributed by atoms with E-state index >= 15 is 0 Å². The number of hydrogen-bond acceptors (Lipinski definition) is 6. The summed E-state index contributed by atoms with van der Waals surface area (Å²) in [5.74, 6) is 0.417. The zero-order valence-electron chi connectivity index (χ0n) is 17.5. The number of nitro groups is 1. The van der Waals surface area contributed by atoms with Gasteiger partial charge in [0.1, 0.15) is 5.75 Å². The predicted molar refractivity (Wildman–Crippen MR) is 115 cm³/mol. The number of β-amino-alcohol motifs (C(OH)–C–C–N with tert-alkyl or cyclic N) is 1. The molecule has 8 nitrogen and oxygen atoms in total. The Labute approximate surface area is 181 Å². The van der Waals surface area contributed by atoms with E-state index in [1.807, 2.05) is 30.3 Å². The van der Waals surface area contributed by atoms with Crippen LogP contribution in [0.5, 0.6) is 5.75 Å². The fourth-order valence-electron chi connectivity index (χ4n) is 4.39. The lowest BCUT2D eigenvalue weighted by atomic mass is 9.99. The molecule has 0 radical (unpaired) electrons. The van der Waals surface area contributed by atoms with E-state index < -0.39 is 11.0 Å². The molecule has 0 bridgehead atoms. The van der Waals surface area contributed by atoms with Gasteiger partial charge in [0, 0.05) is 44.4 Å². The lowest BCUT2D eigenvalue weighted by Crippen LogP contribution is -2.46. The average molecular weight is 425 g/mol. The van der Waals surface area contributed by atoms with Gasteiger partial charge < -0.3 is 14.7 Å². The number of rotatable bonds is 6. The third kappa shape index (κ3) is 4.70. The molecule has 0 aliphatic carbocycles. The maximum absolute atomic E-state index is 13.4. The summed E-state index contributed by atoms with van der Waals surface area (Å²) in [5, 5.41) is 20.9. The normalized spacial score (nSPS) is 21.7. The number of likely N-dealkylation sites (N-methyl/N-ethyl adjacent to an activating group) is 1. The summed E-state index contributed by atoms with van der Waals surface area (Å²) >= 11 is 0. The third-order valence-electron chi connectivity index (χ3n) is 6.15. The number of hydrogen-bond donors (Lipinski definition) is 1. The molecule has 1 saturated heterocycles. The van der Waals surface area contributed by atoms with E-state index in [1.165, 1.54) is 12.1 Å². The summed E-state index contributed by atoms with van der Waals surface area (Å²) in [5.41, 5.74) is 1.82. The number of fused-ring (bicyclic) bond motifs is 1. The minimum absolute atomic E-state index is 0.0289. The second-order valence-electron chi connectivity index (χ2n) is 8.27. The zero-order chi connectivity index (χ0) is 22.0. The number of ether oxygens (including phenoxy) is 1. The first-order valence-electron chi connectivity index (χ1n) is 10.6. The molecule has 1 amide bonds. The zero-order valence-corrected chi connectivity index (χ0v) is 17.5. The van der Waals surface area contributed by atoms with Crippen LogP contribution >= 0.6 is 0 Å². The SMILES string of the molecule is CN(C(=O)C1CCc2cc([N+](=O)[O-])ccc2O1)[C@H](CN1CC[C@H](O)C1)c1ccccc1. The van der Waals surface area contributed by atoms with Gasteiger partial charge in [-0.15, -0.1) is 0 Å². The summed E-state index contributed by atoms with van der Waals surface area (Å²) in [7, 11) is 1.79. The Kier molecular flexibility index (Phi) is 6.20. The van der Waals surface area contributed by atoms with Gasteiger partial charge in [0.25, 0.3) is 11.6 Å². The van der Waals surface area contributed by atoms with E-state index in [-0.39, 0.29) is 23.7 Å². The summed E-state index contributed by atoms with van der Waals surface area (Å²) < 4.78 is 5.96. The van der Waals surface area contributed by atoms with Crippen molar-refractivity contribution in [1.29, 1.82) is 0 Å². The maximum Gasteiger partial charge on any atom is 0.269 e. The highest BCUT2D eigenvalue weighted by atomic mass is 16.6. The molecule has 0 saturated carbocycles. The van der Waals surface area contributed by atoms with Crippen LogP contribution in [0.15, 0.2) is 48.5 Å². The molecule has 2 aromatic rings. The van der Waals surface area contributed by atoms with Gasteiger partial charge in [-0.2, -0.15) is 0 Å². The van der Waals surface area contributed by atoms with Crippen molar-refractivity contribution in [2.24, 2.45) is 0 Å². The summed E-state index contributed by atoms with van der Waals surface area (Å²) in [4.78, 5) is 27.9. The van der Waals surface area contributed by atoms with E-state index in [9.17, 15) is 20.0 Å². The Morgan fingerprint density at radius 3 is 2.74 bits per heavy atom. The van der Waals surface area contributed by atoms with Crippen LogP contribution in [-0.2, 0) is 11.2 Å². The van der Waals surface area contributed by atoms with Crippen molar-refractivity contribution in [1.82, 2.24) is 9.80 Å². The first-order valence-corrected chi connectivity index (χ1v) is 10.6. The number of benzene rings is 2. The average Bonchev–Trinajstić information content (AvgIpc) is 3.21. The van der Waals surface area contributed by atoms with E-state index in [1.54, 1.807) is 18.0 Å². The molecule has 31 heavy (non-hydrogen) atoms. The van der Waals surface area contributed by atoms with Gasteiger partial charge in [0.05, 0.1) is 17.1 Å².